The zero-order valence-corrected chi connectivity index (χ0v) is 15.4. The normalized spacial score (nSPS) is 27.1. The van der Waals surface area contributed by atoms with Crippen molar-refractivity contribution < 1.29 is 26.0 Å². The van der Waals surface area contributed by atoms with Gasteiger partial charge in [-0.3, -0.25) is 4.79 Å². The Kier molecular flexibility index (Phi) is 4.65. The summed E-state index contributed by atoms with van der Waals surface area (Å²) in [7, 11) is -6.75. The van der Waals surface area contributed by atoms with Crippen LogP contribution in [0.25, 0.3) is 0 Å². The molecule has 1 heterocycles. The molecule has 138 valence electrons. The van der Waals surface area contributed by atoms with Crippen LogP contribution in [-0.2, 0) is 24.5 Å². The van der Waals surface area contributed by atoms with Crippen LogP contribution in [0.1, 0.15) is 19.3 Å². The Labute approximate surface area is 146 Å². The van der Waals surface area contributed by atoms with E-state index >= 15 is 0 Å². The van der Waals surface area contributed by atoms with Gasteiger partial charge in [0.05, 0.1) is 15.4 Å². The van der Waals surface area contributed by atoms with Crippen molar-refractivity contribution in [1.29, 1.82) is 0 Å². The highest BCUT2D eigenvalue weighted by Crippen LogP contribution is 2.35. The molecule has 0 spiro atoms. The van der Waals surface area contributed by atoms with E-state index in [2.05, 4.69) is 0 Å². The number of carbonyl (C=O) groups excluding carboxylic acids is 1. The number of halogens is 1. The van der Waals surface area contributed by atoms with Gasteiger partial charge in [0.1, 0.15) is 15.7 Å². The Morgan fingerprint density at radius 3 is 2.24 bits per heavy atom. The minimum Gasteiger partial charge on any atom is -0.341 e. The van der Waals surface area contributed by atoms with E-state index in [1.165, 1.54) is 23.3 Å². The Morgan fingerprint density at radius 2 is 1.68 bits per heavy atom. The predicted octanol–water partition coefficient (Wildman–Crippen LogP) is 1.02. The maximum absolute atomic E-state index is 13.0. The van der Waals surface area contributed by atoms with E-state index in [1.54, 1.807) is 0 Å². The highest BCUT2D eigenvalue weighted by Gasteiger charge is 2.44. The summed E-state index contributed by atoms with van der Waals surface area (Å²) in [5, 5.41) is -1.18. The van der Waals surface area contributed by atoms with E-state index in [1.807, 2.05) is 0 Å². The molecule has 1 saturated heterocycles. The number of amides is 1. The molecule has 0 N–H and O–H groups in total. The lowest BCUT2D eigenvalue weighted by molar-refractivity contribution is -0.136. The van der Waals surface area contributed by atoms with Crippen molar-refractivity contribution in [1.82, 2.24) is 4.90 Å². The number of hydrogen-bond donors (Lipinski definition) is 0. The average molecular weight is 389 g/mol. The first kappa shape index (κ1) is 18.3. The molecule has 9 heteroatoms. The lowest BCUT2D eigenvalue weighted by Crippen LogP contribution is -2.45. The van der Waals surface area contributed by atoms with E-state index in [9.17, 15) is 26.0 Å². The molecule has 0 radical (unpaired) electrons. The Balaban J connectivity index is 1.64. The van der Waals surface area contributed by atoms with Gasteiger partial charge in [-0.05, 0) is 43.5 Å². The van der Waals surface area contributed by atoms with Crippen LogP contribution in [0.4, 0.5) is 4.39 Å². The first-order chi connectivity index (χ1) is 11.6. The van der Waals surface area contributed by atoms with E-state index < -0.39 is 36.0 Å². The van der Waals surface area contributed by atoms with E-state index in [0.717, 1.165) is 12.1 Å². The maximum Gasteiger partial charge on any atom is 0.225 e. The monoisotopic (exact) mass is 389 g/mol. The van der Waals surface area contributed by atoms with Crippen LogP contribution in [-0.4, -0.2) is 57.5 Å². The van der Waals surface area contributed by atoms with E-state index in [4.69, 9.17) is 0 Å². The van der Waals surface area contributed by atoms with Crippen LogP contribution in [0.15, 0.2) is 29.2 Å². The first-order valence-corrected chi connectivity index (χ1v) is 11.6. The Morgan fingerprint density at radius 1 is 1.08 bits per heavy atom. The lowest BCUT2D eigenvalue weighted by atomic mass is 9.83. The highest BCUT2D eigenvalue weighted by atomic mass is 32.2. The van der Waals surface area contributed by atoms with Crippen LogP contribution >= 0.6 is 0 Å². The predicted molar refractivity (Wildman–Crippen MR) is 89.9 cm³/mol. The van der Waals surface area contributed by atoms with Gasteiger partial charge in [-0.1, -0.05) is 0 Å². The molecule has 3 rings (SSSR count). The van der Waals surface area contributed by atoms with E-state index in [0.29, 0.717) is 25.8 Å². The van der Waals surface area contributed by atoms with Crippen LogP contribution in [0.5, 0.6) is 0 Å². The molecule has 1 amide bonds. The number of carbonyl (C=O) groups is 1. The van der Waals surface area contributed by atoms with Crippen LogP contribution in [0.3, 0.4) is 0 Å². The van der Waals surface area contributed by atoms with Crippen molar-refractivity contribution in [2.24, 2.45) is 5.92 Å². The van der Waals surface area contributed by atoms with Crippen molar-refractivity contribution in [2.45, 2.75) is 34.7 Å². The maximum atomic E-state index is 13.0. The third kappa shape index (κ3) is 3.57. The quantitative estimate of drug-likeness (QED) is 0.718. The average Bonchev–Trinajstić information content (AvgIpc) is 2.95. The molecule has 25 heavy (non-hydrogen) atoms. The molecule has 1 aromatic rings. The third-order valence-electron chi connectivity index (χ3n) is 5.09. The van der Waals surface area contributed by atoms with Gasteiger partial charge < -0.3 is 4.90 Å². The Bertz CT molecular complexity index is 874. The zero-order chi connectivity index (χ0) is 18.4. The fourth-order valence-corrected chi connectivity index (χ4v) is 6.23. The molecular weight excluding hydrogens is 369 g/mol. The van der Waals surface area contributed by atoms with Crippen molar-refractivity contribution in [3.05, 3.63) is 30.1 Å². The molecule has 1 aliphatic carbocycles. The molecule has 2 fully saturated rings. The smallest absolute Gasteiger partial charge is 0.225 e. The van der Waals surface area contributed by atoms with E-state index in [-0.39, 0.29) is 23.3 Å². The number of hydrogen-bond acceptors (Lipinski definition) is 5. The van der Waals surface area contributed by atoms with Crippen LogP contribution in [0, 0.1) is 11.7 Å². The minimum absolute atomic E-state index is 0.0500. The zero-order valence-electron chi connectivity index (χ0n) is 13.8. The summed E-state index contributed by atoms with van der Waals surface area (Å²) in [4.78, 5) is 14.0. The third-order valence-corrected chi connectivity index (χ3v) is 8.87. The van der Waals surface area contributed by atoms with Gasteiger partial charge in [0, 0.05) is 25.3 Å². The SMILES string of the molecule is CS(=O)(=O)C1CC(C(=O)N2CC[C@H](S(=O)(=O)c3ccc(F)cc3)C2)C1. The summed E-state index contributed by atoms with van der Waals surface area (Å²) in [5.74, 6) is -1.02. The summed E-state index contributed by atoms with van der Waals surface area (Å²) in [6.07, 6.45) is 2.11. The van der Waals surface area contributed by atoms with Gasteiger partial charge in [0.15, 0.2) is 9.84 Å². The van der Waals surface area contributed by atoms with Gasteiger partial charge >= 0.3 is 0 Å². The van der Waals surface area contributed by atoms with Crippen molar-refractivity contribution in [3.63, 3.8) is 0 Å². The van der Waals surface area contributed by atoms with Gasteiger partial charge in [0.2, 0.25) is 5.91 Å². The summed E-state index contributed by atoms with van der Waals surface area (Å²) in [6, 6.07) is 4.67. The molecule has 1 aromatic carbocycles. The van der Waals surface area contributed by atoms with Gasteiger partial charge in [-0.25, -0.2) is 21.2 Å². The highest BCUT2D eigenvalue weighted by molar-refractivity contribution is 7.92. The van der Waals surface area contributed by atoms with Gasteiger partial charge in [0.25, 0.3) is 0 Å². The number of sulfone groups is 2. The number of nitrogens with zero attached hydrogens (tertiary/aromatic N) is 1. The number of rotatable bonds is 4. The van der Waals surface area contributed by atoms with Gasteiger partial charge in [-0.2, -0.15) is 0 Å². The van der Waals surface area contributed by atoms with Crippen molar-refractivity contribution in [2.75, 3.05) is 19.3 Å². The fraction of sp³-hybridized carbons (Fsp3) is 0.562. The van der Waals surface area contributed by atoms with Gasteiger partial charge in [-0.15, -0.1) is 0 Å². The van der Waals surface area contributed by atoms with Crippen molar-refractivity contribution >= 4 is 25.6 Å². The number of likely N-dealkylation sites (tertiary alicyclic amines) is 1. The summed E-state index contributed by atoms with van der Waals surface area (Å²) in [6.45, 7) is 0.433. The standard InChI is InChI=1S/C16H20FNO5S2/c1-24(20,21)15-8-11(9-15)16(19)18-7-6-14(10-18)25(22,23)13-4-2-12(17)3-5-13/h2-5,11,14-15H,6-10H2,1H3/t11?,14-,15?/m0/s1. The molecule has 1 aliphatic heterocycles. The Hall–Kier alpha value is -1.48. The number of benzene rings is 1. The molecule has 0 unspecified atom stereocenters. The van der Waals surface area contributed by atoms with Crippen LogP contribution in [0.2, 0.25) is 0 Å². The second kappa shape index (κ2) is 6.35. The summed E-state index contributed by atoms with van der Waals surface area (Å²) >= 11 is 0. The van der Waals surface area contributed by atoms with Crippen molar-refractivity contribution in [3.8, 4) is 0 Å². The topological polar surface area (TPSA) is 88.6 Å². The molecule has 6 nitrogen and oxygen atoms in total. The molecule has 1 saturated carbocycles. The fourth-order valence-electron chi connectivity index (χ4n) is 3.37. The summed E-state index contributed by atoms with van der Waals surface area (Å²) in [5.41, 5.74) is 0. The summed E-state index contributed by atoms with van der Waals surface area (Å²) < 4.78 is 61.1. The molecule has 0 aromatic heterocycles. The second-order valence-corrected chi connectivity index (χ2v) is 11.4. The van der Waals surface area contributed by atoms with Crippen LogP contribution < -0.4 is 0 Å². The second-order valence-electron chi connectivity index (χ2n) is 6.81. The lowest BCUT2D eigenvalue weighted by Gasteiger charge is -2.35. The molecule has 2 aliphatic rings. The first-order valence-electron chi connectivity index (χ1n) is 8.06. The molecule has 0 bridgehead atoms. The largest absolute Gasteiger partial charge is 0.341 e. The molecular formula is C16H20FNO5S2. The minimum atomic E-state index is -3.63. The molecule has 1 atom stereocenters.